The summed E-state index contributed by atoms with van der Waals surface area (Å²) >= 11 is 1.67. The van der Waals surface area contributed by atoms with Crippen LogP contribution in [-0.2, 0) is 17.6 Å². The van der Waals surface area contributed by atoms with Crippen LogP contribution in [0.1, 0.15) is 16.9 Å². The zero-order chi connectivity index (χ0) is 16.5. The molecule has 0 spiro atoms. The Morgan fingerprint density at radius 2 is 2.08 bits per heavy atom. The van der Waals surface area contributed by atoms with E-state index in [1.165, 1.54) is 41.0 Å². The minimum Gasteiger partial charge on any atom is -0.467 e. The lowest BCUT2D eigenvalue weighted by Crippen LogP contribution is -2.20. The van der Waals surface area contributed by atoms with E-state index in [1.54, 1.807) is 11.3 Å². The Morgan fingerprint density at radius 3 is 2.92 bits per heavy atom. The van der Waals surface area contributed by atoms with Gasteiger partial charge in [-0.05, 0) is 49.1 Å². The van der Waals surface area contributed by atoms with Crippen LogP contribution in [0.25, 0.3) is 10.2 Å². The molecule has 0 atom stereocenters. The summed E-state index contributed by atoms with van der Waals surface area (Å²) < 4.78 is 18.5. The fourth-order valence-corrected chi connectivity index (χ4v) is 4.09. The second kappa shape index (κ2) is 6.16. The summed E-state index contributed by atoms with van der Waals surface area (Å²) in [5.74, 6) is -0.215. The molecule has 1 aliphatic rings. The van der Waals surface area contributed by atoms with Gasteiger partial charge >= 0.3 is 0 Å². The molecule has 0 fully saturated rings. The lowest BCUT2D eigenvalue weighted by Gasteiger charge is -2.08. The van der Waals surface area contributed by atoms with E-state index in [0.29, 0.717) is 11.6 Å². The Bertz CT molecular complexity index is 908. The molecule has 2 heterocycles. The van der Waals surface area contributed by atoms with E-state index in [2.05, 4.69) is 15.3 Å². The van der Waals surface area contributed by atoms with Crippen molar-refractivity contribution in [2.24, 2.45) is 0 Å². The van der Waals surface area contributed by atoms with Crippen LogP contribution in [-0.4, -0.2) is 22.5 Å². The van der Waals surface area contributed by atoms with Gasteiger partial charge in [0.05, 0.1) is 5.39 Å². The van der Waals surface area contributed by atoms with Gasteiger partial charge in [0.15, 0.2) is 6.61 Å². The molecule has 2 aromatic heterocycles. The van der Waals surface area contributed by atoms with Crippen LogP contribution >= 0.6 is 11.3 Å². The molecule has 0 saturated heterocycles. The largest absolute Gasteiger partial charge is 0.467 e. The van der Waals surface area contributed by atoms with Crippen molar-refractivity contribution in [3.63, 3.8) is 0 Å². The molecule has 0 saturated carbocycles. The fourth-order valence-electron chi connectivity index (χ4n) is 2.87. The molecule has 1 N–H and O–H groups in total. The number of carbonyl (C=O) groups is 1. The van der Waals surface area contributed by atoms with E-state index in [4.69, 9.17) is 4.74 Å². The molecular formula is C17H14FN3O2S. The minimum absolute atomic E-state index is 0.159. The van der Waals surface area contributed by atoms with Gasteiger partial charge in [0, 0.05) is 10.6 Å². The highest BCUT2D eigenvalue weighted by molar-refractivity contribution is 7.18. The molecule has 24 heavy (non-hydrogen) atoms. The van der Waals surface area contributed by atoms with E-state index < -0.39 is 0 Å². The van der Waals surface area contributed by atoms with Gasteiger partial charge in [-0.3, -0.25) is 4.79 Å². The van der Waals surface area contributed by atoms with Crippen molar-refractivity contribution in [2.75, 3.05) is 11.9 Å². The van der Waals surface area contributed by atoms with Crippen LogP contribution < -0.4 is 10.1 Å². The van der Waals surface area contributed by atoms with Gasteiger partial charge in [0.1, 0.15) is 17.0 Å². The number of thiophene rings is 1. The van der Waals surface area contributed by atoms with E-state index in [0.717, 1.165) is 29.5 Å². The number of aryl methyl sites for hydroxylation is 2. The van der Waals surface area contributed by atoms with Crippen molar-refractivity contribution in [2.45, 2.75) is 19.3 Å². The molecule has 5 nitrogen and oxygen atoms in total. The maximum Gasteiger partial charge on any atom is 0.262 e. The first kappa shape index (κ1) is 15.0. The molecule has 1 aromatic carbocycles. The third-order valence-corrected chi connectivity index (χ3v) is 5.13. The van der Waals surface area contributed by atoms with Gasteiger partial charge in [0.2, 0.25) is 5.88 Å². The lowest BCUT2D eigenvalue weighted by molar-refractivity contribution is -0.118. The van der Waals surface area contributed by atoms with Crippen LogP contribution in [0.4, 0.5) is 10.1 Å². The number of aromatic nitrogens is 2. The van der Waals surface area contributed by atoms with Gasteiger partial charge in [-0.15, -0.1) is 11.3 Å². The van der Waals surface area contributed by atoms with Gasteiger partial charge in [0.25, 0.3) is 5.91 Å². The van der Waals surface area contributed by atoms with Gasteiger partial charge in [-0.1, -0.05) is 0 Å². The Balaban J connectivity index is 1.48. The Hall–Kier alpha value is -2.54. The number of hydrogen-bond acceptors (Lipinski definition) is 5. The monoisotopic (exact) mass is 343 g/mol. The number of carbonyl (C=O) groups excluding carboxylic acids is 1. The van der Waals surface area contributed by atoms with Gasteiger partial charge in [-0.2, -0.15) is 0 Å². The summed E-state index contributed by atoms with van der Waals surface area (Å²) in [5.41, 5.74) is 1.78. The minimum atomic E-state index is -0.348. The number of benzene rings is 1. The molecule has 1 amide bonds. The second-order valence-electron chi connectivity index (χ2n) is 5.56. The van der Waals surface area contributed by atoms with Crippen molar-refractivity contribution in [3.05, 3.63) is 46.9 Å². The predicted molar refractivity (Wildman–Crippen MR) is 90.0 cm³/mol. The Morgan fingerprint density at radius 1 is 1.25 bits per heavy atom. The van der Waals surface area contributed by atoms with E-state index in [-0.39, 0.29) is 18.3 Å². The number of nitrogens with zero attached hydrogens (tertiary/aromatic N) is 2. The van der Waals surface area contributed by atoms with Crippen LogP contribution in [0.5, 0.6) is 5.88 Å². The number of fused-ring (bicyclic) bond motifs is 3. The number of rotatable bonds is 4. The summed E-state index contributed by atoms with van der Waals surface area (Å²) in [7, 11) is 0. The van der Waals surface area contributed by atoms with E-state index in [1.807, 2.05) is 0 Å². The van der Waals surface area contributed by atoms with Crippen LogP contribution in [0.2, 0.25) is 0 Å². The van der Waals surface area contributed by atoms with Crippen molar-refractivity contribution in [3.8, 4) is 5.88 Å². The molecule has 0 bridgehead atoms. The van der Waals surface area contributed by atoms with Gasteiger partial charge < -0.3 is 10.1 Å². The average Bonchev–Trinajstić information content (AvgIpc) is 3.16. The molecule has 1 aliphatic carbocycles. The molecular weight excluding hydrogens is 329 g/mol. The SMILES string of the molecule is O=C(COc1ncnc2sc3c(c12)CCC3)Nc1ccc(F)cc1. The normalized spacial score (nSPS) is 13.0. The molecule has 0 unspecified atom stereocenters. The highest BCUT2D eigenvalue weighted by atomic mass is 32.1. The van der Waals surface area contributed by atoms with Crippen molar-refractivity contribution >= 4 is 33.1 Å². The third-order valence-electron chi connectivity index (χ3n) is 3.93. The van der Waals surface area contributed by atoms with Gasteiger partial charge in [-0.25, -0.2) is 14.4 Å². The van der Waals surface area contributed by atoms with Crippen molar-refractivity contribution in [1.29, 1.82) is 0 Å². The number of anilines is 1. The number of hydrogen-bond donors (Lipinski definition) is 1. The predicted octanol–water partition coefficient (Wildman–Crippen LogP) is 3.34. The molecule has 0 radical (unpaired) electrons. The number of ether oxygens (including phenoxy) is 1. The summed E-state index contributed by atoms with van der Waals surface area (Å²) in [6.45, 7) is -0.159. The first-order valence-corrected chi connectivity index (χ1v) is 8.46. The van der Waals surface area contributed by atoms with Crippen LogP contribution in [0, 0.1) is 5.82 Å². The molecule has 4 rings (SSSR count). The first-order valence-electron chi connectivity index (χ1n) is 7.64. The maximum atomic E-state index is 12.9. The Kier molecular flexibility index (Phi) is 3.86. The van der Waals surface area contributed by atoms with Crippen LogP contribution in [0.3, 0.4) is 0 Å². The molecule has 3 aromatic rings. The third kappa shape index (κ3) is 2.82. The lowest BCUT2D eigenvalue weighted by atomic mass is 10.2. The maximum absolute atomic E-state index is 12.9. The molecule has 122 valence electrons. The average molecular weight is 343 g/mol. The smallest absolute Gasteiger partial charge is 0.262 e. The summed E-state index contributed by atoms with van der Waals surface area (Å²) in [6, 6.07) is 5.59. The first-order chi connectivity index (χ1) is 11.7. The Labute approximate surface area is 141 Å². The number of nitrogens with one attached hydrogen (secondary N) is 1. The number of halogens is 1. The standard InChI is InChI=1S/C17H14FN3O2S/c18-10-4-6-11(7-5-10)21-14(22)8-23-16-15-12-2-1-3-13(12)24-17(15)20-9-19-16/h4-7,9H,1-3,8H2,(H,21,22). The zero-order valence-corrected chi connectivity index (χ0v) is 13.5. The second-order valence-corrected chi connectivity index (χ2v) is 6.64. The van der Waals surface area contributed by atoms with Crippen molar-refractivity contribution in [1.82, 2.24) is 9.97 Å². The zero-order valence-electron chi connectivity index (χ0n) is 12.7. The fraction of sp³-hybridized carbons (Fsp3) is 0.235. The quantitative estimate of drug-likeness (QED) is 0.789. The van der Waals surface area contributed by atoms with E-state index in [9.17, 15) is 9.18 Å². The molecule has 0 aliphatic heterocycles. The number of amides is 1. The van der Waals surface area contributed by atoms with Crippen molar-refractivity contribution < 1.29 is 13.9 Å². The summed E-state index contributed by atoms with van der Waals surface area (Å²) in [4.78, 5) is 22.7. The summed E-state index contributed by atoms with van der Waals surface area (Å²) in [6.07, 6.45) is 4.67. The highest BCUT2D eigenvalue weighted by Gasteiger charge is 2.22. The topological polar surface area (TPSA) is 64.1 Å². The highest BCUT2D eigenvalue weighted by Crippen LogP contribution is 2.39. The summed E-state index contributed by atoms with van der Waals surface area (Å²) in [5, 5.41) is 3.60. The molecule has 7 heteroatoms. The van der Waals surface area contributed by atoms with Crippen LogP contribution in [0.15, 0.2) is 30.6 Å². The van der Waals surface area contributed by atoms with E-state index >= 15 is 0 Å².